The third kappa shape index (κ3) is 5.01. The number of carbonyl (C=O) groups excluding carboxylic acids is 1. The number of nitrogens with zero attached hydrogens (tertiary/aromatic N) is 5. The number of aromatic nitrogens is 4. The lowest BCUT2D eigenvalue weighted by Gasteiger charge is -2.26. The molecule has 2 aliphatic heterocycles. The minimum absolute atomic E-state index is 0.0553. The predicted octanol–water partition coefficient (Wildman–Crippen LogP) is 5.71. The van der Waals surface area contributed by atoms with E-state index < -0.39 is 11.9 Å². The number of rotatable bonds is 8. The minimum Gasteiger partial charge on any atom is -0.478 e. The van der Waals surface area contributed by atoms with Crippen LogP contribution in [-0.2, 0) is 13.5 Å². The van der Waals surface area contributed by atoms with Crippen LogP contribution in [0.15, 0.2) is 65.7 Å². The highest BCUT2D eigenvalue weighted by molar-refractivity contribution is 6.20. The second kappa shape index (κ2) is 11.4. The molecule has 7 rings (SSSR count). The van der Waals surface area contributed by atoms with Crippen LogP contribution in [0, 0.1) is 5.82 Å². The Kier molecular flexibility index (Phi) is 7.26. The number of ketones is 1. The number of imidazole rings is 1. The maximum absolute atomic E-state index is 15.9. The molecule has 9 heteroatoms. The number of piperidine rings is 1. The molecule has 5 heterocycles. The fraction of sp³-hybridized carbons (Fsp3) is 0.353. The average molecular weight is 580 g/mol. The summed E-state index contributed by atoms with van der Waals surface area (Å²) in [5.74, 6) is -0.311. The number of carbonyl (C=O) groups is 1. The largest absolute Gasteiger partial charge is 0.478 e. The lowest BCUT2D eigenvalue weighted by atomic mass is 9.91. The Morgan fingerprint density at radius 3 is 2.56 bits per heavy atom. The predicted molar refractivity (Wildman–Crippen MR) is 164 cm³/mol. The highest BCUT2D eigenvalue weighted by atomic mass is 19.1. The molecule has 1 atom stereocenters. The van der Waals surface area contributed by atoms with Crippen molar-refractivity contribution in [2.45, 2.75) is 44.6 Å². The molecule has 0 radical (unpaired) electrons. The Bertz CT molecular complexity index is 1870. The summed E-state index contributed by atoms with van der Waals surface area (Å²) < 4.78 is 25.1. The van der Waals surface area contributed by atoms with Gasteiger partial charge in [0.15, 0.2) is 5.78 Å². The van der Waals surface area contributed by atoms with Crippen LogP contribution < -0.4 is 10.4 Å². The number of Topliss-reactive ketones (excluding diaryl/α,β-unsaturated/α-hetero) is 1. The molecule has 1 fully saturated rings. The van der Waals surface area contributed by atoms with Crippen molar-refractivity contribution < 1.29 is 13.9 Å². The summed E-state index contributed by atoms with van der Waals surface area (Å²) in [7, 11) is 1.71. The van der Waals surface area contributed by atoms with Gasteiger partial charge in [0.2, 0.25) is 5.88 Å². The summed E-state index contributed by atoms with van der Waals surface area (Å²) in [6.45, 7) is 3.86. The Morgan fingerprint density at radius 1 is 0.977 bits per heavy atom. The van der Waals surface area contributed by atoms with E-state index in [0.717, 1.165) is 31.6 Å². The molecule has 1 saturated heterocycles. The molecule has 0 amide bonds. The van der Waals surface area contributed by atoms with Crippen molar-refractivity contribution in [2.24, 2.45) is 7.05 Å². The average Bonchev–Trinajstić information content (AvgIpc) is 3.21. The lowest BCUT2D eigenvalue weighted by molar-refractivity contribution is 0.0966. The van der Waals surface area contributed by atoms with Crippen molar-refractivity contribution in [1.29, 1.82) is 0 Å². The zero-order valence-electron chi connectivity index (χ0n) is 24.3. The Morgan fingerprint density at radius 2 is 1.79 bits per heavy atom. The SMILES string of the molecule is Cn1c(=O)n2c3c4c(c(-c5ccc(OCCCN6CCCCC6)nc5)c(F)cc4ncc31)C(=O)C[C@@H]2Cc1ccccc1. The summed E-state index contributed by atoms with van der Waals surface area (Å²) in [6, 6.07) is 14.2. The van der Waals surface area contributed by atoms with Gasteiger partial charge in [-0.15, -0.1) is 0 Å². The second-order valence-electron chi connectivity index (χ2n) is 11.7. The molecule has 0 unspecified atom stereocenters. The molecule has 3 aromatic heterocycles. The van der Waals surface area contributed by atoms with Crippen LogP contribution in [0.25, 0.3) is 33.1 Å². The molecule has 5 aromatic rings. The van der Waals surface area contributed by atoms with E-state index in [1.54, 1.807) is 40.7 Å². The molecule has 0 spiro atoms. The van der Waals surface area contributed by atoms with E-state index in [4.69, 9.17) is 4.74 Å². The van der Waals surface area contributed by atoms with E-state index in [0.29, 0.717) is 46.4 Å². The third-order valence-corrected chi connectivity index (χ3v) is 8.88. The first-order valence-electron chi connectivity index (χ1n) is 15.1. The zero-order valence-corrected chi connectivity index (χ0v) is 24.3. The topological polar surface area (TPSA) is 82.2 Å². The number of pyridine rings is 2. The third-order valence-electron chi connectivity index (χ3n) is 8.88. The normalized spacial score (nSPS) is 17.2. The van der Waals surface area contributed by atoms with Crippen LogP contribution in [0.2, 0.25) is 0 Å². The molecule has 43 heavy (non-hydrogen) atoms. The first-order chi connectivity index (χ1) is 21.0. The number of hydrogen-bond acceptors (Lipinski definition) is 6. The Hall–Kier alpha value is -4.37. The van der Waals surface area contributed by atoms with Gasteiger partial charge in [0.05, 0.1) is 35.4 Å². The smallest absolute Gasteiger partial charge is 0.329 e. The highest BCUT2D eigenvalue weighted by Gasteiger charge is 2.33. The van der Waals surface area contributed by atoms with Gasteiger partial charge in [0.1, 0.15) is 5.82 Å². The van der Waals surface area contributed by atoms with Crippen LogP contribution in [0.1, 0.15) is 54.1 Å². The number of aryl methyl sites for hydroxylation is 1. The van der Waals surface area contributed by atoms with E-state index in [2.05, 4.69) is 14.9 Å². The van der Waals surface area contributed by atoms with Gasteiger partial charge in [-0.25, -0.2) is 14.2 Å². The van der Waals surface area contributed by atoms with Crippen molar-refractivity contribution in [3.63, 3.8) is 0 Å². The van der Waals surface area contributed by atoms with Gasteiger partial charge in [-0.3, -0.25) is 18.9 Å². The van der Waals surface area contributed by atoms with Gasteiger partial charge < -0.3 is 9.64 Å². The standard InChI is InChI=1S/C34H34FN5O3/c1-38-27-21-36-26-19-25(35)30(23-11-12-29(37-20-23)43-16-8-15-39-13-6-3-7-14-39)32-28(41)18-24(17-22-9-4-2-5-10-22)40(34(38)42)33(27)31(26)32/h2,4-5,9-12,19-21,24H,3,6-8,13-18H2,1H3/t24-/m0/s1. The summed E-state index contributed by atoms with van der Waals surface area (Å²) in [4.78, 5) is 39.1. The van der Waals surface area contributed by atoms with Gasteiger partial charge in [-0.05, 0) is 50.4 Å². The Labute approximate surface area is 248 Å². The van der Waals surface area contributed by atoms with Crippen LogP contribution in [-0.4, -0.2) is 56.0 Å². The quantitative estimate of drug-likeness (QED) is 0.219. The van der Waals surface area contributed by atoms with Crippen LogP contribution in [0.4, 0.5) is 4.39 Å². The molecule has 8 nitrogen and oxygen atoms in total. The second-order valence-corrected chi connectivity index (χ2v) is 11.7. The molecular weight excluding hydrogens is 545 g/mol. The number of ether oxygens (including phenoxy) is 1. The van der Waals surface area contributed by atoms with E-state index >= 15 is 4.39 Å². The molecule has 220 valence electrons. The zero-order chi connectivity index (χ0) is 29.5. The highest BCUT2D eigenvalue weighted by Crippen LogP contribution is 2.40. The monoisotopic (exact) mass is 579 g/mol. The fourth-order valence-electron chi connectivity index (χ4n) is 6.77. The Balaban J connectivity index is 1.25. The van der Waals surface area contributed by atoms with Crippen molar-refractivity contribution in [1.82, 2.24) is 24.0 Å². The molecule has 0 saturated carbocycles. The maximum Gasteiger partial charge on any atom is 0.329 e. The van der Waals surface area contributed by atoms with Gasteiger partial charge in [0.25, 0.3) is 0 Å². The summed E-state index contributed by atoms with van der Waals surface area (Å²) >= 11 is 0. The van der Waals surface area contributed by atoms with Crippen LogP contribution in [0.3, 0.4) is 0 Å². The number of hydrogen-bond donors (Lipinski definition) is 0. The van der Waals surface area contributed by atoms with Gasteiger partial charge in [-0.2, -0.15) is 0 Å². The van der Waals surface area contributed by atoms with Crippen LogP contribution in [0.5, 0.6) is 5.88 Å². The maximum atomic E-state index is 15.9. The first-order valence-corrected chi connectivity index (χ1v) is 15.1. The summed E-state index contributed by atoms with van der Waals surface area (Å²) in [5.41, 5.74) is 3.27. The number of likely N-dealkylation sites (tertiary alicyclic amines) is 1. The lowest BCUT2D eigenvalue weighted by Crippen LogP contribution is -2.31. The molecule has 0 bridgehead atoms. The number of benzene rings is 2. The number of halogens is 1. The minimum atomic E-state index is -0.550. The summed E-state index contributed by atoms with van der Waals surface area (Å²) in [6.07, 6.45) is 8.45. The molecule has 0 aliphatic carbocycles. The van der Waals surface area contributed by atoms with Gasteiger partial charge in [-0.1, -0.05) is 36.8 Å². The summed E-state index contributed by atoms with van der Waals surface area (Å²) in [5, 5.41) is 0.505. The fourth-order valence-corrected chi connectivity index (χ4v) is 6.77. The van der Waals surface area contributed by atoms with E-state index in [1.807, 2.05) is 30.3 Å². The molecule has 2 aliphatic rings. The van der Waals surface area contributed by atoms with Gasteiger partial charge >= 0.3 is 5.69 Å². The molecule has 0 N–H and O–H groups in total. The molecule has 2 aromatic carbocycles. The van der Waals surface area contributed by atoms with Crippen molar-refractivity contribution >= 4 is 27.7 Å². The van der Waals surface area contributed by atoms with Crippen molar-refractivity contribution in [3.8, 4) is 17.0 Å². The first kappa shape index (κ1) is 27.5. The van der Waals surface area contributed by atoms with Crippen LogP contribution >= 0.6 is 0 Å². The van der Waals surface area contributed by atoms with E-state index in [-0.39, 0.29) is 29.0 Å². The van der Waals surface area contributed by atoms with Gasteiger partial charge in [0, 0.05) is 60.4 Å². The molecular formula is C34H34FN5O3. The van der Waals surface area contributed by atoms with Crippen molar-refractivity contribution in [2.75, 3.05) is 26.2 Å². The van der Waals surface area contributed by atoms with Crippen molar-refractivity contribution in [3.05, 3.63) is 88.4 Å². The van der Waals surface area contributed by atoms with E-state index in [1.165, 1.54) is 25.3 Å². The van der Waals surface area contributed by atoms with E-state index in [9.17, 15) is 9.59 Å².